The predicted octanol–water partition coefficient (Wildman–Crippen LogP) is 4.39. The average molecular weight is 563 g/mol. The molecule has 2 aromatic carbocycles. The molecule has 0 bridgehead atoms. The number of pyridine rings is 1. The maximum Gasteiger partial charge on any atom is 0.416 e. The molecule has 0 aliphatic carbocycles. The van der Waals surface area contributed by atoms with E-state index < -0.39 is 11.7 Å². The first-order valence-corrected chi connectivity index (χ1v) is 13.6. The predicted molar refractivity (Wildman–Crippen MR) is 147 cm³/mol. The number of nitrogens with zero attached hydrogens (tertiary/aromatic N) is 6. The van der Waals surface area contributed by atoms with Crippen molar-refractivity contribution < 1.29 is 22.8 Å². The van der Waals surface area contributed by atoms with Crippen LogP contribution in [0.5, 0.6) is 0 Å². The summed E-state index contributed by atoms with van der Waals surface area (Å²) in [7, 11) is 0. The van der Waals surface area contributed by atoms with Crippen LogP contribution in [0.4, 0.5) is 18.9 Å². The van der Waals surface area contributed by atoms with Crippen molar-refractivity contribution in [2.24, 2.45) is 0 Å². The Morgan fingerprint density at radius 3 is 2.54 bits per heavy atom. The highest BCUT2D eigenvalue weighted by Crippen LogP contribution is 2.32. The van der Waals surface area contributed by atoms with E-state index in [-0.39, 0.29) is 30.0 Å². The molecule has 2 aliphatic rings. The summed E-state index contributed by atoms with van der Waals surface area (Å²) < 4.78 is 40.7. The molecule has 11 heteroatoms. The Kier molecular flexibility index (Phi) is 6.88. The maximum atomic E-state index is 13.2. The lowest BCUT2D eigenvalue weighted by Crippen LogP contribution is -2.55. The molecule has 2 aliphatic heterocycles. The van der Waals surface area contributed by atoms with Gasteiger partial charge < -0.3 is 19.3 Å². The lowest BCUT2D eigenvalue weighted by atomic mass is 9.96. The SMILES string of the molecule is C[C@@H]1CN(c2cccc3c2CN(C(=O)c2ccc(C(F)(F)F)cc2)CC3)CCN1C(=O)Cn1cnc2cccnc21. The number of anilines is 1. The molecule has 1 saturated heterocycles. The highest BCUT2D eigenvalue weighted by Gasteiger charge is 2.32. The highest BCUT2D eigenvalue weighted by atomic mass is 19.4. The fourth-order valence-corrected chi connectivity index (χ4v) is 5.81. The van der Waals surface area contributed by atoms with Gasteiger partial charge in [-0.1, -0.05) is 12.1 Å². The molecule has 8 nitrogen and oxygen atoms in total. The van der Waals surface area contributed by atoms with E-state index >= 15 is 0 Å². The standard InChI is InChI=1S/C30H29F3N6O2/c1-20-16-36(14-15-39(20)27(40)18-38-19-35-25-5-3-12-34-28(25)38)26-6-2-4-21-11-13-37(17-24(21)26)29(41)22-7-9-23(10-8-22)30(31,32)33/h2-10,12,19-20H,11,13-18H2,1H3/t20-/m1/s1. The minimum Gasteiger partial charge on any atom is -0.367 e. The Labute approximate surface area is 235 Å². The molecule has 1 atom stereocenters. The third-order valence-electron chi connectivity index (χ3n) is 7.96. The zero-order chi connectivity index (χ0) is 28.7. The number of carbonyl (C=O) groups excluding carboxylic acids is 2. The largest absolute Gasteiger partial charge is 0.416 e. The number of halogens is 3. The number of rotatable bonds is 4. The molecule has 4 aromatic rings. The number of fused-ring (bicyclic) bond motifs is 2. The van der Waals surface area contributed by atoms with Crippen LogP contribution in [-0.2, 0) is 30.5 Å². The van der Waals surface area contributed by atoms with Crippen LogP contribution in [0.2, 0.25) is 0 Å². The van der Waals surface area contributed by atoms with Crippen LogP contribution in [0.1, 0.15) is 34.0 Å². The molecule has 0 N–H and O–H groups in total. The lowest BCUT2D eigenvalue weighted by molar-refractivity contribution is -0.137. The van der Waals surface area contributed by atoms with Crippen molar-refractivity contribution in [3.05, 3.63) is 89.4 Å². The maximum absolute atomic E-state index is 13.2. The first-order valence-electron chi connectivity index (χ1n) is 13.6. The van der Waals surface area contributed by atoms with E-state index in [1.54, 1.807) is 22.0 Å². The number of amides is 2. The smallest absolute Gasteiger partial charge is 0.367 e. The van der Waals surface area contributed by atoms with Gasteiger partial charge in [-0.05, 0) is 66.9 Å². The zero-order valence-electron chi connectivity index (χ0n) is 22.5. The van der Waals surface area contributed by atoms with Crippen LogP contribution in [-0.4, -0.2) is 68.4 Å². The van der Waals surface area contributed by atoms with Gasteiger partial charge in [0.25, 0.3) is 5.91 Å². The van der Waals surface area contributed by atoms with Crippen LogP contribution in [0.15, 0.2) is 67.1 Å². The number of piperazine rings is 1. The van der Waals surface area contributed by atoms with Crippen LogP contribution in [0.25, 0.3) is 11.2 Å². The van der Waals surface area contributed by atoms with Crippen LogP contribution in [0.3, 0.4) is 0 Å². The van der Waals surface area contributed by atoms with Gasteiger partial charge in [-0.25, -0.2) is 9.97 Å². The van der Waals surface area contributed by atoms with Crippen molar-refractivity contribution in [3.8, 4) is 0 Å². The fourth-order valence-electron chi connectivity index (χ4n) is 5.81. The van der Waals surface area contributed by atoms with E-state index in [4.69, 9.17) is 0 Å². The first-order chi connectivity index (χ1) is 19.7. The van der Waals surface area contributed by atoms with Gasteiger partial charge in [0.05, 0.1) is 11.9 Å². The Hall–Kier alpha value is -4.41. The fraction of sp³-hybridized carbons (Fsp3) is 0.333. The second kappa shape index (κ2) is 10.5. The number of aromatic nitrogens is 3. The Morgan fingerprint density at radius 2 is 1.78 bits per heavy atom. The summed E-state index contributed by atoms with van der Waals surface area (Å²) in [5, 5.41) is 0. The van der Waals surface area contributed by atoms with Gasteiger partial charge >= 0.3 is 6.18 Å². The number of benzene rings is 2. The summed E-state index contributed by atoms with van der Waals surface area (Å²) in [5.74, 6) is -0.282. The minimum atomic E-state index is -4.45. The van der Waals surface area contributed by atoms with Crippen molar-refractivity contribution in [1.29, 1.82) is 0 Å². The number of hydrogen-bond acceptors (Lipinski definition) is 5. The van der Waals surface area contributed by atoms with Crippen molar-refractivity contribution in [2.75, 3.05) is 31.1 Å². The third-order valence-corrected chi connectivity index (χ3v) is 7.96. The van der Waals surface area contributed by atoms with Gasteiger partial charge in [0, 0.05) is 56.2 Å². The molecule has 2 amide bonds. The van der Waals surface area contributed by atoms with Gasteiger partial charge in [0.15, 0.2) is 5.65 Å². The lowest BCUT2D eigenvalue weighted by Gasteiger charge is -2.42. The molecule has 212 valence electrons. The molecular formula is C30H29F3N6O2. The quantitative estimate of drug-likeness (QED) is 0.369. The van der Waals surface area contributed by atoms with Crippen molar-refractivity contribution in [3.63, 3.8) is 0 Å². The summed E-state index contributed by atoms with van der Waals surface area (Å²) in [6.45, 7) is 4.90. The highest BCUT2D eigenvalue weighted by molar-refractivity contribution is 5.94. The summed E-state index contributed by atoms with van der Waals surface area (Å²) in [6, 6.07) is 14.1. The first kappa shape index (κ1) is 26.8. The number of alkyl halides is 3. The Bertz CT molecular complexity index is 1600. The van der Waals surface area contributed by atoms with Gasteiger partial charge in [0.2, 0.25) is 5.91 Å². The van der Waals surface area contributed by atoms with Crippen LogP contribution < -0.4 is 4.90 Å². The number of hydrogen-bond donors (Lipinski definition) is 0. The van der Waals surface area contributed by atoms with Crippen LogP contribution in [0, 0.1) is 0 Å². The van der Waals surface area contributed by atoms with Crippen molar-refractivity contribution >= 4 is 28.7 Å². The average Bonchev–Trinajstić information content (AvgIpc) is 3.38. The zero-order valence-corrected chi connectivity index (χ0v) is 22.5. The summed E-state index contributed by atoms with van der Waals surface area (Å²) in [6.07, 6.45) is -0.455. The van der Waals surface area contributed by atoms with E-state index in [1.165, 1.54) is 12.1 Å². The topological polar surface area (TPSA) is 74.6 Å². The number of imidazole rings is 1. The molecule has 6 rings (SSSR count). The van der Waals surface area contributed by atoms with Gasteiger partial charge in [0.1, 0.15) is 12.1 Å². The van der Waals surface area contributed by atoms with E-state index in [0.717, 1.165) is 34.5 Å². The molecular weight excluding hydrogens is 533 g/mol. The molecule has 41 heavy (non-hydrogen) atoms. The van der Waals surface area contributed by atoms with Gasteiger partial charge in [-0.3, -0.25) is 9.59 Å². The van der Waals surface area contributed by atoms with Crippen molar-refractivity contribution in [1.82, 2.24) is 24.3 Å². The normalized spacial score (nSPS) is 17.6. The summed E-state index contributed by atoms with van der Waals surface area (Å²) >= 11 is 0. The molecule has 0 spiro atoms. The monoisotopic (exact) mass is 562 g/mol. The molecule has 4 heterocycles. The van der Waals surface area contributed by atoms with Crippen molar-refractivity contribution in [2.45, 2.75) is 38.7 Å². The Morgan fingerprint density at radius 1 is 0.976 bits per heavy atom. The van der Waals surface area contributed by atoms with Gasteiger partial charge in [-0.2, -0.15) is 13.2 Å². The van der Waals surface area contributed by atoms with E-state index in [2.05, 4.69) is 20.9 Å². The Balaban J connectivity index is 1.14. The summed E-state index contributed by atoms with van der Waals surface area (Å²) in [4.78, 5) is 41.0. The molecule has 0 saturated carbocycles. The van der Waals surface area contributed by atoms with Gasteiger partial charge in [-0.15, -0.1) is 0 Å². The molecule has 0 radical (unpaired) electrons. The van der Waals surface area contributed by atoms with E-state index in [0.29, 0.717) is 44.8 Å². The second-order valence-electron chi connectivity index (χ2n) is 10.6. The van der Waals surface area contributed by atoms with Crippen LogP contribution >= 0.6 is 0 Å². The third kappa shape index (κ3) is 5.23. The number of carbonyl (C=O) groups is 2. The molecule has 0 unspecified atom stereocenters. The van der Waals surface area contributed by atoms with E-state index in [9.17, 15) is 22.8 Å². The molecule has 1 fully saturated rings. The summed E-state index contributed by atoms with van der Waals surface area (Å²) in [5.41, 5.74) is 4.11. The molecule has 2 aromatic heterocycles. The second-order valence-corrected chi connectivity index (χ2v) is 10.6. The van der Waals surface area contributed by atoms with E-state index in [1.807, 2.05) is 36.1 Å². The minimum absolute atomic E-state index is 0.00510.